The molecule has 3 aromatic rings. The van der Waals surface area contributed by atoms with Crippen molar-refractivity contribution in [2.24, 2.45) is 10.2 Å². The number of hydrogen-bond acceptors (Lipinski definition) is 9. The van der Waals surface area contributed by atoms with Crippen LogP contribution in [0.5, 0.6) is 11.5 Å². The summed E-state index contributed by atoms with van der Waals surface area (Å²) < 4.78 is 12.0. The highest BCUT2D eigenvalue weighted by Gasteiger charge is 2.07. The summed E-state index contributed by atoms with van der Waals surface area (Å²) in [6.45, 7) is 5.14. The molecule has 10 heteroatoms. The van der Waals surface area contributed by atoms with Crippen molar-refractivity contribution in [1.82, 2.24) is 14.9 Å². The Morgan fingerprint density at radius 2 is 1.20 bits per heavy atom. The van der Waals surface area contributed by atoms with Gasteiger partial charge < -0.3 is 15.3 Å². The van der Waals surface area contributed by atoms with E-state index in [1.807, 2.05) is 62.4 Å². The number of aromatic nitrogens is 3. The summed E-state index contributed by atoms with van der Waals surface area (Å²) in [6, 6.07) is 15.1. The van der Waals surface area contributed by atoms with Crippen molar-refractivity contribution in [3.8, 4) is 11.5 Å². The molecule has 0 saturated carbocycles. The fourth-order valence-electron chi connectivity index (χ4n) is 2.41. The molecule has 1 heterocycles. The third-order valence-electron chi connectivity index (χ3n) is 3.83. The van der Waals surface area contributed by atoms with Gasteiger partial charge in [0.15, 0.2) is 0 Å². The summed E-state index contributed by atoms with van der Waals surface area (Å²) in [4.78, 5) is 0. The highest BCUT2D eigenvalue weighted by molar-refractivity contribution is 5.80. The van der Waals surface area contributed by atoms with Gasteiger partial charge in [-0.2, -0.15) is 14.9 Å². The average Bonchev–Trinajstić information content (AvgIpc) is 3.11. The first-order valence-electron chi connectivity index (χ1n) is 9.44. The van der Waals surface area contributed by atoms with E-state index in [4.69, 9.17) is 15.3 Å². The van der Waals surface area contributed by atoms with Crippen LogP contribution < -0.4 is 26.2 Å². The monoisotopic (exact) mass is 408 g/mol. The van der Waals surface area contributed by atoms with Crippen LogP contribution in [0.25, 0.3) is 0 Å². The minimum atomic E-state index is 0.260. The Balaban J connectivity index is 1.53. The molecule has 0 aliphatic carbocycles. The number of anilines is 2. The van der Waals surface area contributed by atoms with Gasteiger partial charge >= 0.3 is 0 Å². The Morgan fingerprint density at radius 1 is 0.800 bits per heavy atom. The second kappa shape index (κ2) is 10.5. The third-order valence-corrected chi connectivity index (χ3v) is 3.83. The van der Waals surface area contributed by atoms with Crippen molar-refractivity contribution in [3.63, 3.8) is 0 Å². The molecule has 4 N–H and O–H groups in total. The first-order chi connectivity index (χ1) is 14.7. The van der Waals surface area contributed by atoms with Gasteiger partial charge in [-0.15, -0.1) is 10.2 Å². The quantitative estimate of drug-likeness (QED) is 0.268. The van der Waals surface area contributed by atoms with E-state index in [1.165, 1.54) is 4.68 Å². The molecule has 2 aromatic carbocycles. The zero-order valence-corrected chi connectivity index (χ0v) is 16.8. The molecule has 0 amide bonds. The smallest absolute Gasteiger partial charge is 0.265 e. The van der Waals surface area contributed by atoms with Crippen LogP contribution in [-0.4, -0.2) is 40.5 Å². The van der Waals surface area contributed by atoms with Crippen molar-refractivity contribution in [3.05, 3.63) is 59.7 Å². The van der Waals surface area contributed by atoms with Gasteiger partial charge in [-0.1, -0.05) is 0 Å². The number of nitrogens with one attached hydrogen (secondary N) is 2. The Labute approximate surface area is 174 Å². The van der Waals surface area contributed by atoms with Gasteiger partial charge in [-0.25, -0.2) is 10.9 Å². The van der Waals surface area contributed by atoms with E-state index in [9.17, 15) is 0 Å². The van der Waals surface area contributed by atoms with Gasteiger partial charge in [0.25, 0.3) is 11.9 Å². The molecule has 0 aliphatic heterocycles. The molecule has 0 aliphatic rings. The Hall–Kier alpha value is -4.08. The van der Waals surface area contributed by atoms with E-state index >= 15 is 0 Å². The fraction of sp³-hybridized carbons (Fsp3) is 0.200. The van der Waals surface area contributed by atoms with E-state index in [0.29, 0.717) is 13.2 Å². The molecule has 0 bridgehead atoms. The van der Waals surface area contributed by atoms with Crippen LogP contribution >= 0.6 is 0 Å². The summed E-state index contributed by atoms with van der Waals surface area (Å²) in [5.74, 6) is 8.10. The van der Waals surface area contributed by atoms with E-state index in [2.05, 4.69) is 31.3 Å². The summed E-state index contributed by atoms with van der Waals surface area (Å²) in [6.07, 6.45) is 3.28. The lowest BCUT2D eigenvalue weighted by Crippen LogP contribution is -2.14. The molecule has 10 nitrogen and oxygen atoms in total. The van der Waals surface area contributed by atoms with E-state index in [-0.39, 0.29) is 11.9 Å². The van der Waals surface area contributed by atoms with Crippen LogP contribution in [0, 0.1) is 0 Å². The van der Waals surface area contributed by atoms with Gasteiger partial charge in [0.1, 0.15) is 11.5 Å². The first-order valence-corrected chi connectivity index (χ1v) is 9.44. The van der Waals surface area contributed by atoms with Crippen molar-refractivity contribution in [1.29, 1.82) is 0 Å². The lowest BCUT2D eigenvalue weighted by molar-refractivity contribution is 0.340. The summed E-state index contributed by atoms with van der Waals surface area (Å²) >= 11 is 0. The Morgan fingerprint density at radius 3 is 1.57 bits per heavy atom. The fourth-order valence-corrected chi connectivity index (χ4v) is 2.41. The number of hydrogen-bond donors (Lipinski definition) is 3. The maximum Gasteiger partial charge on any atom is 0.265 e. The van der Waals surface area contributed by atoms with Crippen LogP contribution in [0.15, 0.2) is 58.7 Å². The molecule has 0 atom stereocenters. The largest absolute Gasteiger partial charge is 0.494 e. The van der Waals surface area contributed by atoms with Crippen LogP contribution in [0.3, 0.4) is 0 Å². The standard InChI is InChI=1S/C20H24N8O2/c1-3-29-17-9-5-15(6-10-17)13-22-24-19-26-27-20(28(19)21)25-23-14-16-7-11-18(12-8-16)30-4-2/h5-14H,3-4,21H2,1-2H3,(H,24,26)(H,25,27)/b22-13-,23-14-. The molecule has 0 unspecified atom stereocenters. The molecule has 0 fully saturated rings. The molecule has 156 valence electrons. The number of benzene rings is 2. The van der Waals surface area contributed by atoms with Crippen molar-refractivity contribution < 1.29 is 9.47 Å². The van der Waals surface area contributed by atoms with Gasteiger partial charge in [-0.3, -0.25) is 0 Å². The zero-order chi connectivity index (χ0) is 21.2. The van der Waals surface area contributed by atoms with Gasteiger partial charge in [0.2, 0.25) is 0 Å². The van der Waals surface area contributed by atoms with Crippen molar-refractivity contribution >= 4 is 24.3 Å². The zero-order valence-electron chi connectivity index (χ0n) is 16.8. The molecule has 30 heavy (non-hydrogen) atoms. The molecule has 0 radical (unpaired) electrons. The highest BCUT2D eigenvalue weighted by atomic mass is 16.5. The minimum absolute atomic E-state index is 0.260. The second-order valence-electron chi connectivity index (χ2n) is 5.96. The van der Waals surface area contributed by atoms with Crippen LogP contribution in [-0.2, 0) is 0 Å². The number of rotatable bonds is 10. The summed E-state index contributed by atoms with van der Waals surface area (Å²) in [5.41, 5.74) is 7.28. The predicted molar refractivity (Wildman–Crippen MR) is 118 cm³/mol. The topological polar surface area (TPSA) is 124 Å². The number of nitrogens with two attached hydrogens (primary N) is 1. The second-order valence-corrected chi connectivity index (χ2v) is 5.96. The SMILES string of the molecule is CCOc1ccc(/C=N\Nc2nnc(N/N=C\c3ccc(OCC)cc3)n2N)cc1. The van der Waals surface area contributed by atoms with Gasteiger partial charge in [0, 0.05) is 0 Å². The third kappa shape index (κ3) is 5.71. The number of ether oxygens (including phenoxy) is 2. The van der Waals surface area contributed by atoms with Gasteiger partial charge in [0.05, 0.1) is 25.6 Å². The lowest BCUT2D eigenvalue weighted by atomic mass is 10.2. The molecule has 1 aromatic heterocycles. The lowest BCUT2D eigenvalue weighted by Gasteiger charge is -2.03. The molecular weight excluding hydrogens is 384 g/mol. The van der Waals surface area contributed by atoms with E-state index in [0.717, 1.165) is 22.6 Å². The maximum atomic E-state index is 5.95. The maximum absolute atomic E-state index is 5.95. The van der Waals surface area contributed by atoms with E-state index < -0.39 is 0 Å². The van der Waals surface area contributed by atoms with E-state index in [1.54, 1.807) is 12.4 Å². The molecular formula is C20H24N8O2. The molecule has 0 spiro atoms. The van der Waals surface area contributed by atoms with Crippen LogP contribution in [0.4, 0.5) is 11.9 Å². The van der Waals surface area contributed by atoms with Crippen LogP contribution in [0.2, 0.25) is 0 Å². The summed E-state index contributed by atoms with van der Waals surface area (Å²) in [7, 11) is 0. The first kappa shape index (κ1) is 20.6. The van der Waals surface area contributed by atoms with Crippen LogP contribution in [0.1, 0.15) is 25.0 Å². The summed E-state index contributed by atoms with van der Waals surface area (Å²) in [5, 5.41) is 16.1. The average molecular weight is 408 g/mol. The van der Waals surface area contributed by atoms with Gasteiger partial charge in [-0.05, 0) is 73.5 Å². The van der Waals surface area contributed by atoms with Crippen molar-refractivity contribution in [2.45, 2.75) is 13.8 Å². The molecule has 0 saturated heterocycles. The Kier molecular flexibility index (Phi) is 7.20. The minimum Gasteiger partial charge on any atom is -0.494 e. The Bertz CT molecular complexity index is 902. The normalized spacial score (nSPS) is 11.1. The predicted octanol–water partition coefficient (Wildman–Crippen LogP) is 2.68. The molecule has 3 rings (SSSR count). The number of hydrazone groups is 2. The highest BCUT2D eigenvalue weighted by Crippen LogP contribution is 2.12. The number of nitrogen functional groups attached to an aromatic ring is 1. The van der Waals surface area contributed by atoms with Crippen molar-refractivity contribution in [2.75, 3.05) is 29.9 Å². The number of nitrogens with zero attached hydrogens (tertiary/aromatic N) is 5.